The van der Waals surface area contributed by atoms with Gasteiger partial charge in [0.05, 0.1) is 0 Å². The Morgan fingerprint density at radius 3 is 2.82 bits per heavy atom. The molecule has 1 aliphatic heterocycles. The molecule has 2 heterocycles. The van der Waals surface area contributed by atoms with Crippen molar-refractivity contribution in [2.45, 2.75) is 44.9 Å². The number of nitrogens with zero attached hydrogens (tertiary/aromatic N) is 2. The molecule has 3 nitrogen and oxygen atoms in total. The van der Waals surface area contributed by atoms with Crippen molar-refractivity contribution in [1.29, 1.82) is 0 Å². The van der Waals surface area contributed by atoms with Crippen molar-refractivity contribution < 1.29 is 0 Å². The third kappa shape index (κ3) is 2.49. The molecule has 3 rings (SSSR count). The molecule has 17 heavy (non-hydrogen) atoms. The molecule has 3 heteroatoms. The van der Waals surface area contributed by atoms with Crippen LogP contribution in [0.15, 0.2) is 6.07 Å². The smallest absolute Gasteiger partial charge is 0.129 e. The number of aryl methyl sites for hydroxylation is 1. The van der Waals surface area contributed by atoms with Crippen molar-refractivity contribution in [3.05, 3.63) is 23.3 Å². The summed E-state index contributed by atoms with van der Waals surface area (Å²) in [6.07, 6.45) is 6.34. The molecule has 1 unspecified atom stereocenters. The Labute approximate surface area is 103 Å². The van der Waals surface area contributed by atoms with Gasteiger partial charge in [-0.25, -0.2) is 9.97 Å². The summed E-state index contributed by atoms with van der Waals surface area (Å²) in [6.45, 7) is 4.39. The van der Waals surface area contributed by atoms with Crippen molar-refractivity contribution in [2.24, 2.45) is 5.92 Å². The second-order valence-electron chi connectivity index (χ2n) is 5.54. The van der Waals surface area contributed by atoms with E-state index in [0.717, 1.165) is 42.9 Å². The van der Waals surface area contributed by atoms with Crippen LogP contribution in [0.2, 0.25) is 0 Å². The molecular formula is C14H21N3. The fourth-order valence-corrected chi connectivity index (χ4v) is 2.81. The normalized spacial score (nSPS) is 24.9. The van der Waals surface area contributed by atoms with E-state index >= 15 is 0 Å². The number of hydrogen-bond acceptors (Lipinski definition) is 3. The van der Waals surface area contributed by atoms with E-state index in [0.29, 0.717) is 0 Å². The third-order valence-corrected chi connectivity index (χ3v) is 4.08. The highest BCUT2D eigenvalue weighted by molar-refractivity contribution is 5.16. The molecule has 2 fully saturated rings. The topological polar surface area (TPSA) is 37.8 Å². The van der Waals surface area contributed by atoms with E-state index in [1.165, 1.54) is 31.4 Å². The first-order valence-electron chi connectivity index (χ1n) is 6.86. The fraction of sp³-hybridized carbons (Fsp3) is 0.714. The lowest BCUT2D eigenvalue weighted by molar-refractivity contribution is 0.408. The lowest BCUT2D eigenvalue weighted by Gasteiger charge is -2.25. The first-order chi connectivity index (χ1) is 8.31. The summed E-state index contributed by atoms with van der Waals surface area (Å²) in [5.74, 6) is 2.53. The highest BCUT2D eigenvalue weighted by atomic mass is 14.9. The predicted molar refractivity (Wildman–Crippen MR) is 68.0 cm³/mol. The average Bonchev–Trinajstić information content (AvgIpc) is 2.66. The van der Waals surface area contributed by atoms with E-state index in [-0.39, 0.29) is 0 Å². The Kier molecular flexibility index (Phi) is 3.10. The van der Waals surface area contributed by atoms with Crippen LogP contribution in [-0.4, -0.2) is 23.1 Å². The highest BCUT2D eigenvalue weighted by Gasteiger charge is 2.23. The zero-order valence-electron chi connectivity index (χ0n) is 10.6. The van der Waals surface area contributed by atoms with Crippen LogP contribution in [0, 0.1) is 12.8 Å². The third-order valence-electron chi connectivity index (χ3n) is 4.08. The van der Waals surface area contributed by atoms with Gasteiger partial charge in [-0.05, 0) is 51.3 Å². The van der Waals surface area contributed by atoms with Gasteiger partial charge in [0.15, 0.2) is 0 Å². The number of nitrogens with one attached hydrogen (secondary N) is 1. The number of rotatable bonds is 3. The van der Waals surface area contributed by atoms with Gasteiger partial charge in [-0.15, -0.1) is 0 Å². The van der Waals surface area contributed by atoms with E-state index in [1.54, 1.807) is 0 Å². The van der Waals surface area contributed by atoms with Crippen LogP contribution in [0.3, 0.4) is 0 Å². The van der Waals surface area contributed by atoms with Crippen molar-refractivity contribution in [2.75, 3.05) is 13.1 Å². The van der Waals surface area contributed by atoms with Gasteiger partial charge in [0.25, 0.3) is 0 Å². The van der Waals surface area contributed by atoms with Crippen molar-refractivity contribution >= 4 is 0 Å². The van der Waals surface area contributed by atoms with E-state index in [9.17, 15) is 0 Å². The van der Waals surface area contributed by atoms with Gasteiger partial charge in [-0.3, -0.25) is 0 Å². The summed E-state index contributed by atoms with van der Waals surface area (Å²) in [6, 6.07) is 2.18. The Morgan fingerprint density at radius 2 is 2.18 bits per heavy atom. The molecule has 1 saturated heterocycles. The lowest BCUT2D eigenvalue weighted by atomic mass is 9.82. The molecule has 0 spiro atoms. The number of hydrogen-bond donors (Lipinski definition) is 1. The molecule has 1 N–H and O–H groups in total. The van der Waals surface area contributed by atoms with E-state index in [4.69, 9.17) is 4.98 Å². The zero-order valence-corrected chi connectivity index (χ0v) is 10.6. The van der Waals surface area contributed by atoms with Crippen molar-refractivity contribution in [3.63, 3.8) is 0 Å². The SMILES string of the molecule is Cc1cc(C2CCC2)nc(CC2CCNC2)n1. The van der Waals surface area contributed by atoms with E-state index in [1.807, 2.05) is 0 Å². The van der Waals surface area contributed by atoms with Gasteiger partial charge in [-0.2, -0.15) is 0 Å². The fourth-order valence-electron chi connectivity index (χ4n) is 2.81. The molecule has 0 amide bonds. The first-order valence-corrected chi connectivity index (χ1v) is 6.86. The average molecular weight is 231 g/mol. The Morgan fingerprint density at radius 1 is 1.29 bits per heavy atom. The molecule has 1 saturated carbocycles. The minimum absolute atomic E-state index is 0.720. The quantitative estimate of drug-likeness (QED) is 0.866. The van der Waals surface area contributed by atoms with Gasteiger partial charge in [-0.1, -0.05) is 6.42 Å². The zero-order chi connectivity index (χ0) is 11.7. The molecule has 0 bridgehead atoms. The summed E-state index contributed by atoms with van der Waals surface area (Å²) in [7, 11) is 0. The molecule has 1 atom stereocenters. The molecule has 0 radical (unpaired) electrons. The van der Waals surface area contributed by atoms with Crippen molar-refractivity contribution in [1.82, 2.24) is 15.3 Å². The minimum Gasteiger partial charge on any atom is -0.316 e. The lowest BCUT2D eigenvalue weighted by Crippen LogP contribution is -2.16. The van der Waals surface area contributed by atoms with Crippen LogP contribution >= 0.6 is 0 Å². The van der Waals surface area contributed by atoms with Gasteiger partial charge in [0, 0.05) is 23.7 Å². The standard InChI is InChI=1S/C14H21N3/c1-10-7-13(12-3-2-4-12)17-14(16-10)8-11-5-6-15-9-11/h7,11-12,15H,2-6,8-9H2,1H3. The van der Waals surface area contributed by atoms with Crippen LogP contribution in [0.25, 0.3) is 0 Å². The molecule has 0 aromatic carbocycles. The van der Waals surface area contributed by atoms with Crippen LogP contribution in [0.5, 0.6) is 0 Å². The van der Waals surface area contributed by atoms with Gasteiger partial charge < -0.3 is 5.32 Å². The van der Waals surface area contributed by atoms with Crippen LogP contribution in [-0.2, 0) is 6.42 Å². The maximum absolute atomic E-state index is 4.78. The summed E-state index contributed by atoms with van der Waals surface area (Å²) >= 11 is 0. The maximum atomic E-state index is 4.78. The van der Waals surface area contributed by atoms with Gasteiger partial charge in [0.1, 0.15) is 5.82 Å². The predicted octanol–water partition coefficient (Wildman–Crippen LogP) is 2.20. The van der Waals surface area contributed by atoms with Crippen molar-refractivity contribution in [3.8, 4) is 0 Å². The van der Waals surface area contributed by atoms with Crippen LogP contribution in [0.4, 0.5) is 0 Å². The van der Waals surface area contributed by atoms with Crippen LogP contribution < -0.4 is 5.32 Å². The second-order valence-corrected chi connectivity index (χ2v) is 5.54. The minimum atomic E-state index is 0.720. The largest absolute Gasteiger partial charge is 0.316 e. The Bertz CT molecular complexity index is 392. The first kappa shape index (κ1) is 11.1. The number of aromatic nitrogens is 2. The van der Waals surface area contributed by atoms with E-state index in [2.05, 4.69) is 23.3 Å². The van der Waals surface area contributed by atoms with Crippen LogP contribution in [0.1, 0.15) is 48.8 Å². The molecule has 1 aliphatic carbocycles. The Hall–Kier alpha value is -0.960. The Balaban J connectivity index is 1.75. The molecule has 1 aromatic heterocycles. The summed E-state index contributed by atoms with van der Waals surface area (Å²) in [4.78, 5) is 9.38. The molecule has 2 aliphatic rings. The van der Waals surface area contributed by atoms with E-state index < -0.39 is 0 Å². The second kappa shape index (κ2) is 4.73. The summed E-state index contributed by atoms with van der Waals surface area (Å²) in [5, 5.41) is 3.41. The highest BCUT2D eigenvalue weighted by Crippen LogP contribution is 2.35. The molecule has 92 valence electrons. The van der Waals surface area contributed by atoms with Gasteiger partial charge in [0.2, 0.25) is 0 Å². The summed E-state index contributed by atoms with van der Waals surface area (Å²) < 4.78 is 0. The molecular weight excluding hydrogens is 210 g/mol. The maximum Gasteiger partial charge on any atom is 0.129 e. The summed E-state index contributed by atoms with van der Waals surface area (Å²) in [5.41, 5.74) is 2.44. The van der Waals surface area contributed by atoms with Gasteiger partial charge >= 0.3 is 0 Å². The molecule has 1 aromatic rings. The monoisotopic (exact) mass is 231 g/mol.